The van der Waals surface area contributed by atoms with E-state index < -0.39 is 17.7 Å². The molecule has 0 amide bonds. The molecule has 3 unspecified atom stereocenters. The Morgan fingerprint density at radius 2 is 2.13 bits per heavy atom. The molecule has 7 atom stereocenters. The number of aliphatic hydroxyl groups excluding tert-OH is 1. The molecule has 0 bridgehead atoms. The van der Waals surface area contributed by atoms with Gasteiger partial charge in [0.25, 0.3) is 0 Å². The second-order valence-electron chi connectivity index (χ2n) is 7.90. The van der Waals surface area contributed by atoms with E-state index in [2.05, 4.69) is 0 Å². The number of phenolic OH excluding ortho intramolecular Hbond substituents is 1. The van der Waals surface area contributed by atoms with Crippen LogP contribution in [0.15, 0.2) is 18.2 Å². The van der Waals surface area contributed by atoms with Crippen molar-refractivity contribution in [2.75, 3.05) is 7.11 Å². The number of methoxy groups -OCH3 is 1. The third kappa shape index (κ3) is 2.07. The van der Waals surface area contributed by atoms with Crippen molar-refractivity contribution >= 4 is 0 Å². The van der Waals surface area contributed by atoms with Gasteiger partial charge in [0.2, 0.25) is 0 Å². The highest BCUT2D eigenvalue weighted by molar-refractivity contribution is 5.41. The van der Waals surface area contributed by atoms with E-state index in [0.29, 0.717) is 24.5 Å². The second kappa shape index (κ2) is 5.18. The van der Waals surface area contributed by atoms with Crippen molar-refractivity contribution in [3.05, 3.63) is 29.3 Å². The van der Waals surface area contributed by atoms with E-state index in [0.717, 1.165) is 12.8 Å². The van der Waals surface area contributed by atoms with Gasteiger partial charge in [-0.1, -0.05) is 13.0 Å². The van der Waals surface area contributed by atoms with Crippen molar-refractivity contribution in [3.63, 3.8) is 0 Å². The van der Waals surface area contributed by atoms with Crippen LogP contribution in [0.3, 0.4) is 0 Å². The molecule has 0 aromatic heterocycles. The Balaban J connectivity index is 1.78. The fourth-order valence-corrected chi connectivity index (χ4v) is 5.79. The van der Waals surface area contributed by atoms with Gasteiger partial charge in [0.15, 0.2) is 0 Å². The third-order valence-corrected chi connectivity index (χ3v) is 6.90. The van der Waals surface area contributed by atoms with E-state index in [1.807, 2.05) is 19.1 Å². The molecule has 0 saturated heterocycles. The maximum atomic E-state index is 14.3. The molecule has 1 aromatic rings. The summed E-state index contributed by atoms with van der Waals surface area (Å²) in [7, 11) is 1.72. The van der Waals surface area contributed by atoms with Gasteiger partial charge in [0.05, 0.1) is 12.2 Å². The lowest BCUT2D eigenvalue weighted by Crippen LogP contribution is -2.51. The Morgan fingerprint density at radius 1 is 1.35 bits per heavy atom. The van der Waals surface area contributed by atoms with Crippen molar-refractivity contribution in [1.29, 1.82) is 0 Å². The van der Waals surface area contributed by atoms with Crippen LogP contribution >= 0.6 is 0 Å². The summed E-state index contributed by atoms with van der Waals surface area (Å²) in [6.07, 6.45) is 1.02. The number of ether oxygens (including phenoxy) is 1. The molecule has 0 radical (unpaired) electrons. The topological polar surface area (TPSA) is 49.7 Å². The Labute approximate surface area is 136 Å². The van der Waals surface area contributed by atoms with Crippen LogP contribution in [0.25, 0.3) is 0 Å². The Kier molecular flexibility index (Phi) is 3.47. The lowest BCUT2D eigenvalue weighted by molar-refractivity contribution is -0.0977. The number of alkyl halides is 1. The molecular weight excluding hydrogens is 295 g/mol. The number of aliphatic hydroxyl groups is 1. The molecule has 0 aliphatic heterocycles. The number of halogens is 1. The number of benzene rings is 1. The van der Waals surface area contributed by atoms with Crippen LogP contribution in [0.5, 0.6) is 5.75 Å². The zero-order chi connectivity index (χ0) is 16.4. The molecule has 0 heterocycles. The van der Waals surface area contributed by atoms with E-state index >= 15 is 0 Å². The smallest absolute Gasteiger partial charge is 0.127 e. The maximum absolute atomic E-state index is 14.3. The minimum atomic E-state index is -1.12. The summed E-state index contributed by atoms with van der Waals surface area (Å²) >= 11 is 0. The Hall–Kier alpha value is -1.13. The highest BCUT2D eigenvalue weighted by atomic mass is 19.1. The molecule has 2 saturated carbocycles. The lowest BCUT2D eigenvalue weighted by Gasteiger charge is -2.53. The van der Waals surface area contributed by atoms with Crippen molar-refractivity contribution in [3.8, 4) is 5.75 Å². The van der Waals surface area contributed by atoms with Gasteiger partial charge in [-0.05, 0) is 60.8 Å². The van der Waals surface area contributed by atoms with E-state index in [1.54, 1.807) is 13.2 Å². The van der Waals surface area contributed by atoms with Crippen LogP contribution in [-0.4, -0.2) is 35.7 Å². The maximum Gasteiger partial charge on any atom is 0.127 e. The van der Waals surface area contributed by atoms with Gasteiger partial charge >= 0.3 is 0 Å². The lowest BCUT2D eigenvalue weighted by atomic mass is 9.54. The van der Waals surface area contributed by atoms with Crippen LogP contribution in [0.1, 0.15) is 43.2 Å². The number of aromatic hydroxyl groups is 1. The van der Waals surface area contributed by atoms with Gasteiger partial charge in [-0.25, -0.2) is 4.39 Å². The molecule has 2 fully saturated rings. The Morgan fingerprint density at radius 3 is 2.87 bits per heavy atom. The van der Waals surface area contributed by atoms with Crippen molar-refractivity contribution in [2.45, 2.75) is 56.9 Å². The van der Waals surface area contributed by atoms with Crippen molar-refractivity contribution in [1.82, 2.24) is 0 Å². The molecule has 2 N–H and O–H groups in total. The van der Waals surface area contributed by atoms with Crippen molar-refractivity contribution < 1.29 is 19.3 Å². The van der Waals surface area contributed by atoms with Crippen LogP contribution in [0, 0.1) is 17.3 Å². The average molecular weight is 320 g/mol. The second-order valence-corrected chi connectivity index (χ2v) is 7.90. The van der Waals surface area contributed by atoms with Crippen LogP contribution in [0.2, 0.25) is 0 Å². The van der Waals surface area contributed by atoms with Gasteiger partial charge < -0.3 is 14.9 Å². The SMILES string of the molecule is CO[C@H]1C[C@@]2(C)C(C[C@H](F)[C@@H]2O)C2CCc3cc(O)ccc3C21. The standard InChI is InChI=1S/C19H25FO3/c1-19-9-16(23-2)17-12-6-4-11(21)7-10(12)3-5-13(17)14(19)8-15(20)18(19)22/h4,6-7,13-18,21-22H,3,5,8-9H2,1-2H3/t13?,14?,15-,16-,17?,18-,19-/m0/s1. The molecule has 3 aliphatic carbocycles. The quantitative estimate of drug-likeness (QED) is 0.835. The summed E-state index contributed by atoms with van der Waals surface area (Å²) in [6, 6.07) is 5.60. The number of hydrogen-bond acceptors (Lipinski definition) is 3. The van der Waals surface area contributed by atoms with Crippen LogP contribution in [-0.2, 0) is 11.2 Å². The minimum absolute atomic E-state index is 0.00945. The summed E-state index contributed by atoms with van der Waals surface area (Å²) < 4.78 is 20.1. The zero-order valence-corrected chi connectivity index (χ0v) is 13.7. The number of hydrogen-bond donors (Lipinski definition) is 2. The molecule has 1 aromatic carbocycles. The van der Waals surface area contributed by atoms with E-state index in [-0.39, 0.29) is 17.9 Å². The average Bonchev–Trinajstić information content (AvgIpc) is 2.77. The zero-order valence-electron chi connectivity index (χ0n) is 13.7. The predicted molar refractivity (Wildman–Crippen MR) is 85.2 cm³/mol. The van der Waals surface area contributed by atoms with E-state index in [1.165, 1.54) is 11.1 Å². The molecular formula is C19H25FO3. The molecule has 126 valence electrons. The molecule has 23 heavy (non-hydrogen) atoms. The molecule has 4 rings (SSSR count). The third-order valence-electron chi connectivity index (χ3n) is 6.90. The summed E-state index contributed by atoms with van der Waals surface area (Å²) in [5, 5.41) is 20.2. The van der Waals surface area contributed by atoms with Gasteiger partial charge in [0, 0.05) is 18.4 Å². The summed E-state index contributed by atoms with van der Waals surface area (Å²) in [5.41, 5.74) is 2.03. The van der Waals surface area contributed by atoms with Crippen molar-refractivity contribution in [2.24, 2.45) is 17.3 Å². The fraction of sp³-hybridized carbons (Fsp3) is 0.684. The highest BCUT2D eigenvalue weighted by Gasteiger charge is 2.61. The minimum Gasteiger partial charge on any atom is -0.508 e. The van der Waals surface area contributed by atoms with Gasteiger partial charge in [0.1, 0.15) is 11.9 Å². The first-order valence-electron chi connectivity index (χ1n) is 8.62. The first kappa shape index (κ1) is 15.4. The van der Waals surface area contributed by atoms with Crippen LogP contribution in [0.4, 0.5) is 4.39 Å². The monoisotopic (exact) mass is 320 g/mol. The summed E-state index contributed by atoms with van der Waals surface area (Å²) in [5.74, 6) is 1.08. The van der Waals surface area contributed by atoms with Gasteiger partial charge in [-0.3, -0.25) is 0 Å². The number of rotatable bonds is 1. The van der Waals surface area contributed by atoms with Gasteiger partial charge in [-0.15, -0.1) is 0 Å². The number of fused-ring (bicyclic) bond motifs is 5. The number of aryl methyl sites for hydroxylation is 1. The molecule has 3 nitrogen and oxygen atoms in total. The van der Waals surface area contributed by atoms with E-state index in [9.17, 15) is 14.6 Å². The normalized spacial score (nSPS) is 45.2. The fourth-order valence-electron chi connectivity index (χ4n) is 5.79. The number of phenols is 1. The predicted octanol–water partition coefficient (Wildman–Crippen LogP) is 3.18. The molecule has 0 spiro atoms. The molecule has 4 heteroatoms. The molecule has 3 aliphatic rings. The first-order valence-corrected chi connectivity index (χ1v) is 8.62. The summed E-state index contributed by atoms with van der Waals surface area (Å²) in [6.45, 7) is 2.04. The Bertz CT molecular complexity index is 619. The highest BCUT2D eigenvalue weighted by Crippen LogP contribution is 2.61. The van der Waals surface area contributed by atoms with E-state index in [4.69, 9.17) is 4.74 Å². The van der Waals surface area contributed by atoms with Gasteiger partial charge in [-0.2, -0.15) is 0 Å². The first-order chi connectivity index (χ1) is 11.0. The van der Waals surface area contributed by atoms with Crippen LogP contribution < -0.4 is 0 Å². The largest absolute Gasteiger partial charge is 0.508 e. The summed E-state index contributed by atoms with van der Waals surface area (Å²) in [4.78, 5) is 0.